The molecular formula is C11H21NO2. The van der Waals surface area contributed by atoms with Gasteiger partial charge in [-0.2, -0.15) is 0 Å². The molecule has 1 aliphatic heterocycles. The topological polar surface area (TPSA) is 49.3 Å². The molecule has 0 aliphatic carbocycles. The maximum atomic E-state index is 11.0. The molecule has 0 amide bonds. The normalized spacial score (nSPS) is 33.3. The van der Waals surface area contributed by atoms with Crippen molar-refractivity contribution in [3.63, 3.8) is 0 Å². The van der Waals surface area contributed by atoms with Crippen molar-refractivity contribution in [1.82, 2.24) is 5.32 Å². The van der Waals surface area contributed by atoms with Gasteiger partial charge in [-0.3, -0.25) is 10.1 Å². The molecule has 1 rings (SSSR count). The number of rotatable bonds is 2. The summed E-state index contributed by atoms with van der Waals surface area (Å²) in [6, 6.07) is 0.357. The molecule has 2 atom stereocenters. The zero-order chi connectivity index (χ0) is 11.0. The summed E-state index contributed by atoms with van der Waals surface area (Å²) in [4.78, 5) is 11.0. The van der Waals surface area contributed by atoms with Crippen molar-refractivity contribution in [1.29, 1.82) is 0 Å². The Bertz CT molecular complexity index is 232. The zero-order valence-corrected chi connectivity index (χ0v) is 9.55. The lowest BCUT2D eigenvalue weighted by Gasteiger charge is -2.25. The second-order valence-corrected chi connectivity index (χ2v) is 5.78. The van der Waals surface area contributed by atoms with Gasteiger partial charge in [-0.05, 0) is 31.6 Å². The van der Waals surface area contributed by atoms with Gasteiger partial charge in [-0.15, -0.1) is 0 Å². The maximum Gasteiger partial charge on any atom is 0.323 e. The van der Waals surface area contributed by atoms with Crippen LogP contribution in [0.25, 0.3) is 0 Å². The molecule has 1 fully saturated rings. The number of carbonyl (C=O) groups is 1. The summed E-state index contributed by atoms with van der Waals surface area (Å²) in [5.74, 6) is -0.728. The van der Waals surface area contributed by atoms with Crippen molar-refractivity contribution in [3.8, 4) is 0 Å². The highest BCUT2D eigenvalue weighted by Gasteiger charge is 2.41. The molecule has 0 radical (unpaired) electrons. The second-order valence-electron chi connectivity index (χ2n) is 5.78. The van der Waals surface area contributed by atoms with Gasteiger partial charge < -0.3 is 5.11 Å². The van der Waals surface area contributed by atoms with E-state index < -0.39 is 11.5 Å². The number of aliphatic carboxylic acids is 1. The summed E-state index contributed by atoms with van der Waals surface area (Å²) in [7, 11) is 0. The predicted octanol–water partition coefficient (Wildman–Crippen LogP) is 2.02. The quantitative estimate of drug-likeness (QED) is 0.715. The Balaban J connectivity index is 2.53. The highest BCUT2D eigenvalue weighted by Crippen LogP contribution is 2.30. The van der Waals surface area contributed by atoms with Crippen LogP contribution in [0.2, 0.25) is 0 Å². The second kappa shape index (κ2) is 3.54. The average Bonchev–Trinajstić information content (AvgIpc) is 2.29. The highest BCUT2D eigenvalue weighted by atomic mass is 16.4. The molecule has 2 unspecified atom stereocenters. The molecule has 0 aromatic heterocycles. The minimum atomic E-state index is -0.728. The molecule has 14 heavy (non-hydrogen) atoms. The van der Waals surface area contributed by atoms with Crippen LogP contribution in [-0.2, 0) is 4.79 Å². The summed E-state index contributed by atoms with van der Waals surface area (Å²) >= 11 is 0. The fourth-order valence-corrected chi connectivity index (χ4v) is 2.12. The van der Waals surface area contributed by atoms with E-state index in [4.69, 9.17) is 5.11 Å². The van der Waals surface area contributed by atoms with E-state index in [-0.39, 0.29) is 5.41 Å². The Morgan fingerprint density at radius 1 is 1.57 bits per heavy atom. The van der Waals surface area contributed by atoms with E-state index in [1.165, 1.54) is 0 Å². The van der Waals surface area contributed by atoms with E-state index in [1.807, 2.05) is 0 Å². The van der Waals surface area contributed by atoms with Gasteiger partial charge in [-0.25, -0.2) is 0 Å². The molecular weight excluding hydrogens is 178 g/mol. The molecule has 1 heterocycles. The number of nitrogens with one attached hydrogen (secondary N) is 1. The molecule has 0 aromatic rings. The standard InChI is InChI=1S/C11H21NO2/c1-10(2,3)7-8-5-6-11(4,12-8)9(13)14/h8,12H,5-7H2,1-4H3,(H,13,14). The number of carboxylic acids is 1. The van der Waals surface area contributed by atoms with Crippen LogP contribution in [0.4, 0.5) is 0 Å². The van der Waals surface area contributed by atoms with Crippen molar-refractivity contribution in [2.45, 2.75) is 58.5 Å². The summed E-state index contributed by atoms with van der Waals surface area (Å²) in [6.45, 7) is 8.33. The molecule has 0 bridgehead atoms. The Kier molecular flexibility index (Phi) is 2.91. The van der Waals surface area contributed by atoms with E-state index in [1.54, 1.807) is 6.92 Å². The molecule has 3 nitrogen and oxygen atoms in total. The van der Waals surface area contributed by atoms with Gasteiger partial charge in [0, 0.05) is 6.04 Å². The Morgan fingerprint density at radius 3 is 2.50 bits per heavy atom. The first-order valence-corrected chi connectivity index (χ1v) is 5.24. The maximum absolute atomic E-state index is 11.0. The van der Waals surface area contributed by atoms with Crippen LogP contribution in [-0.4, -0.2) is 22.7 Å². The smallest absolute Gasteiger partial charge is 0.323 e. The van der Waals surface area contributed by atoms with Crippen molar-refractivity contribution >= 4 is 5.97 Å². The lowest BCUT2D eigenvalue weighted by Crippen LogP contribution is -2.47. The largest absolute Gasteiger partial charge is 0.480 e. The molecule has 0 saturated carbocycles. The van der Waals surface area contributed by atoms with Crippen LogP contribution in [0.5, 0.6) is 0 Å². The Labute approximate surface area is 85.9 Å². The van der Waals surface area contributed by atoms with Gasteiger partial charge in [0.25, 0.3) is 0 Å². The van der Waals surface area contributed by atoms with Crippen LogP contribution in [0, 0.1) is 5.41 Å². The van der Waals surface area contributed by atoms with Crippen molar-refractivity contribution in [3.05, 3.63) is 0 Å². The van der Waals surface area contributed by atoms with Crippen molar-refractivity contribution < 1.29 is 9.90 Å². The Hall–Kier alpha value is -0.570. The highest BCUT2D eigenvalue weighted by molar-refractivity contribution is 5.78. The first kappa shape index (κ1) is 11.5. The van der Waals surface area contributed by atoms with Crippen LogP contribution in [0.1, 0.15) is 47.0 Å². The molecule has 1 saturated heterocycles. The summed E-state index contributed by atoms with van der Waals surface area (Å²) in [5.41, 5.74) is -0.433. The predicted molar refractivity (Wildman–Crippen MR) is 56.3 cm³/mol. The van der Waals surface area contributed by atoms with E-state index in [9.17, 15) is 4.79 Å². The molecule has 82 valence electrons. The number of hydrogen-bond acceptors (Lipinski definition) is 2. The van der Waals surface area contributed by atoms with Gasteiger partial charge in [-0.1, -0.05) is 20.8 Å². The fourth-order valence-electron chi connectivity index (χ4n) is 2.12. The third kappa shape index (κ3) is 2.71. The zero-order valence-electron chi connectivity index (χ0n) is 9.55. The van der Waals surface area contributed by atoms with E-state index >= 15 is 0 Å². The molecule has 1 aliphatic rings. The molecule has 3 heteroatoms. The SMILES string of the molecule is CC(C)(C)CC1CCC(C)(C(=O)O)N1. The fraction of sp³-hybridized carbons (Fsp3) is 0.909. The molecule has 0 spiro atoms. The van der Waals surface area contributed by atoms with Gasteiger partial charge in [0.2, 0.25) is 0 Å². The number of carboxylic acid groups (broad SMARTS) is 1. The minimum Gasteiger partial charge on any atom is -0.480 e. The lowest BCUT2D eigenvalue weighted by atomic mass is 9.88. The molecule has 2 N–H and O–H groups in total. The minimum absolute atomic E-state index is 0.265. The number of hydrogen-bond donors (Lipinski definition) is 2. The van der Waals surface area contributed by atoms with E-state index in [2.05, 4.69) is 26.1 Å². The third-order valence-corrected chi connectivity index (χ3v) is 2.85. The van der Waals surface area contributed by atoms with Crippen LogP contribution in [0.15, 0.2) is 0 Å². The van der Waals surface area contributed by atoms with E-state index in [0.717, 1.165) is 19.3 Å². The van der Waals surface area contributed by atoms with Crippen molar-refractivity contribution in [2.24, 2.45) is 5.41 Å². The van der Waals surface area contributed by atoms with Crippen LogP contribution in [0.3, 0.4) is 0 Å². The first-order chi connectivity index (χ1) is 6.23. The summed E-state index contributed by atoms with van der Waals surface area (Å²) in [5, 5.41) is 12.2. The van der Waals surface area contributed by atoms with E-state index in [0.29, 0.717) is 6.04 Å². The van der Waals surface area contributed by atoms with Gasteiger partial charge >= 0.3 is 5.97 Å². The van der Waals surface area contributed by atoms with Crippen molar-refractivity contribution in [2.75, 3.05) is 0 Å². The lowest BCUT2D eigenvalue weighted by molar-refractivity contribution is -0.143. The van der Waals surface area contributed by atoms with Gasteiger partial charge in [0.15, 0.2) is 0 Å². The first-order valence-electron chi connectivity index (χ1n) is 5.24. The monoisotopic (exact) mass is 199 g/mol. The molecule has 0 aromatic carbocycles. The van der Waals surface area contributed by atoms with Crippen LogP contribution >= 0.6 is 0 Å². The third-order valence-electron chi connectivity index (χ3n) is 2.85. The average molecular weight is 199 g/mol. The summed E-state index contributed by atoms with van der Waals surface area (Å²) < 4.78 is 0. The Morgan fingerprint density at radius 2 is 2.14 bits per heavy atom. The summed E-state index contributed by atoms with van der Waals surface area (Å²) in [6.07, 6.45) is 2.75. The van der Waals surface area contributed by atoms with Gasteiger partial charge in [0.1, 0.15) is 5.54 Å². The van der Waals surface area contributed by atoms with Crippen LogP contribution < -0.4 is 5.32 Å². The van der Waals surface area contributed by atoms with Gasteiger partial charge in [0.05, 0.1) is 0 Å².